The summed E-state index contributed by atoms with van der Waals surface area (Å²) in [5.41, 5.74) is -0.0361. The van der Waals surface area contributed by atoms with Crippen molar-refractivity contribution in [3.05, 3.63) is 11.5 Å². The number of hydrogen-bond donors (Lipinski definition) is 2. The molecule has 3 heteroatoms. The zero-order chi connectivity index (χ0) is 10.2. The zero-order valence-corrected chi connectivity index (χ0v) is 8.25. The second-order valence-electron chi connectivity index (χ2n) is 4.63. The largest absolute Gasteiger partial charge is 0.508 e. The van der Waals surface area contributed by atoms with E-state index in [1.807, 2.05) is 0 Å². The average Bonchev–Trinajstić information content (AvgIpc) is 2.15. The minimum absolute atomic E-state index is 0.0361. The monoisotopic (exact) mass is 196 g/mol. The first-order valence-corrected chi connectivity index (χ1v) is 5.27. The molecular formula is C11H16O3. The Kier molecular flexibility index (Phi) is 2.25. The number of allylic oxidation sites excluding steroid dienone is 2. The van der Waals surface area contributed by atoms with Gasteiger partial charge < -0.3 is 10.2 Å². The van der Waals surface area contributed by atoms with E-state index in [4.69, 9.17) is 0 Å². The van der Waals surface area contributed by atoms with E-state index in [0.717, 1.165) is 25.7 Å². The van der Waals surface area contributed by atoms with Crippen LogP contribution in [-0.2, 0) is 4.79 Å². The van der Waals surface area contributed by atoms with Gasteiger partial charge >= 0.3 is 0 Å². The topological polar surface area (TPSA) is 57.5 Å². The lowest BCUT2D eigenvalue weighted by Gasteiger charge is -2.38. The van der Waals surface area contributed by atoms with Gasteiger partial charge in [0.25, 0.3) is 0 Å². The van der Waals surface area contributed by atoms with Crippen molar-refractivity contribution >= 4 is 5.78 Å². The smallest absolute Gasteiger partial charge is 0.201 e. The van der Waals surface area contributed by atoms with Crippen LogP contribution in [-0.4, -0.2) is 16.0 Å². The van der Waals surface area contributed by atoms with Gasteiger partial charge in [-0.25, -0.2) is 0 Å². The molecule has 0 heterocycles. The van der Waals surface area contributed by atoms with Crippen molar-refractivity contribution in [1.82, 2.24) is 0 Å². The van der Waals surface area contributed by atoms with E-state index in [9.17, 15) is 15.0 Å². The summed E-state index contributed by atoms with van der Waals surface area (Å²) >= 11 is 0. The normalized spacial score (nSPS) is 27.0. The third-order valence-corrected chi connectivity index (χ3v) is 3.53. The average molecular weight is 196 g/mol. The molecule has 2 aliphatic carbocycles. The van der Waals surface area contributed by atoms with Crippen LogP contribution in [0.25, 0.3) is 0 Å². The highest BCUT2D eigenvalue weighted by Gasteiger charge is 2.40. The van der Waals surface area contributed by atoms with Gasteiger partial charge in [0.15, 0.2) is 5.76 Å². The van der Waals surface area contributed by atoms with Crippen LogP contribution in [0.5, 0.6) is 0 Å². The van der Waals surface area contributed by atoms with Crippen molar-refractivity contribution < 1.29 is 15.0 Å². The summed E-state index contributed by atoms with van der Waals surface area (Å²) in [5, 5.41) is 18.7. The Morgan fingerprint density at radius 1 is 1.00 bits per heavy atom. The number of rotatable bonds is 0. The molecular weight excluding hydrogens is 180 g/mol. The number of ketones is 1. The molecule has 0 bridgehead atoms. The highest BCUT2D eigenvalue weighted by Crippen LogP contribution is 2.46. The minimum atomic E-state index is -0.402. The molecule has 0 unspecified atom stereocenters. The zero-order valence-electron chi connectivity index (χ0n) is 8.25. The molecule has 2 rings (SSSR count). The maximum atomic E-state index is 11.4. The van der Waals surface area contributed by atoms with Gasteiger partial charge in [-0.3, -0.25) is 4.79 Å². The number of Topliss-reactive ketones (excluding diaryl/α,β-unsaturated/α-hetero) is 1. The molecule has 14 heavy (non-hydrogen) atoms. The fourth-order valence-corrected chi connectivity index (χ4v) is 2.74. The number of aliphatic hydroxyl groups is 2. The summed E-state index contributed by atoms with van der Waals surface area (Å²) in [4.78, 5) is 11.4. The van der Waals surface area contributed by atoms with E-state index in [1.165, 1.54) is 6.42 Å². The first-order valence-electron chi connectivity index (χ1n) is 5.27. The van der Waals surface area contributed by atoms with Crippen molar-refractivity contribution in [2.75, 3.05) is 0 Å². The van der Waals surface area contributed by atoms with E-state index in [-0.39, 0.29) is 17.0 Å². The van der Waals surface area contributed by atoms with Gasteiger partial charge in [-0.05, 0) is 18.3 Å². The highest BCUT2D eigenvalue weighted by molar-refractivity contribution is 5.94. The van der Waals surface area contributed by atoms with E-state index >= 15 is 0 Å². The minimum Gasteiger partial charge on any atom is -0.508 e. The van der Waals surface area contributed by atoms with Crippen LogP contribution < -0.4 is 0 Å². The molecule has 0 aromatic carbocycles. The number of carbonyl (C=O) groups excluding carboxylic acids is 1. The molecule has 2 aliphatic rings. The van der Waals surface area contributed by atoms with Crippen molar-refractivity contribution in [3.8, 4) is 0 Å². The number of carbonyl (C=O) groups is 1. The van der Waals surface area contributed by atoms with Crippen molar-refractivity contribution in [1.29, 1.82) is 0 Å². The van der Waals surface area contributed by atoms with Gasteiger partial charge in [0.05, 0.1) is 0 Å². The van der Waals surface area contributed by atoms with Gasteiger partial charge in [0.2, 0.25) is 5.78 Å². The van der Waals surface area contributed by atoms with Crippen LogP contribution in [0.15, 0.2) is 11.5 Å². The van der Waals surface area contributed by atoms with Crippen LogP contribution >= 0.6 is 0 Å². The SMILES string of the molecule is O=C1CC2(CCCCC2)CC(O)=C1O. The van der Waals surface area contributed by atoms with Crippen LogP contribution in [0.4, 0.5) is 0 Å². The molecule has 1 saturated carbocycles. The van der Waals surface area contributed by atoms with Crippen molar-refractivity contribution in [2.45, 2.75) is 44.9 Å². The predicted octanol–water partition coefficient (Wildman–Crippen LogP) is 2.63. The van der Waals surface area contributed by atoms with E-state index in [2.05, 4.69) is 0 Å². The Morgan fingerprint density at radius 2 is 1.64 bits per heavy atom. The molecule has 3 nitrogen and oxygen atoms in total. The van der Waals surface area contributed by atoms with Gasteiger partial charge in [-0.1, -0.05) is 19.3 Å². The summed E-state index contributed by atoms with van der Waals surface area (Å²) < 4.78 is 0. The van der Waals surface area contributed by atoms with Gasteiger partial charge in [0, 0.05) is 12.8 Å². The summed E-state index contributed by atoms with van der Waals surface area (Å²) in [6.07, 6.45) is 6.44. The second kappa shape index (κ2) is 3.30. The Balaban J connectivity index is 2.21. The molecule has 0 aliphatic heterocycles. The standard InChI is InChI=1S/C11H16O3/c12-8-6-11(4-2-1-3-5-11)7-9(13)10(8)14/h12,14H,1-7H2. The molecule has 0 aromatic rings. The lowest BCUT2D eigenvalue weighted by Crippen LogP contribution is -2.32. The Morgan fingerprint density at radius 3 is 2.21 bits per heavy atom. The summed E-state index contributed by atoms with van der Waals surface area (Å²) in [5.74, 6) is -0.778. The van der Waals surface area contributed by atoms with Gasteiger partial charge in [0.1, 0.15) is 5.76 Å². The molecule has 1 spiro atoms. The third-order valence-electron chi connectivity index (χ3n) is 3.53. The Hall–Kier alpha value is -0.990. The predicted molar refractivity (Wildman–Crippen MR) is 52.0 cm³/mol. The molecule has 78 valence electrons. The quantitative estimate of drug-likeness (QED) is 0.626. The fraction of sp³-hybridized carbons (Fsp3) is 0.727. The summed E-state index contributed by atoms with van der Waals surface area (Å²) in [6.45, 7) is 0. The number of hydrogen-bond acceptors (Lipinski definition) is 3. The lowest BCUT2D eigenvalue weighted by atomic mass is 9.66. The molecule has 2 N–H and O–H groups in total. The molecule has 0 aromatic heterocycles. The first-order chi connectivity index (χ1) is 6.63. The Labute approximate surface area is 83.4 Å². The molecule has 0 amide bonds. The van der Waals surface area contributed by atoms with Crippen LogP contribution in [0.2, 0.25) is 0 Å². The van der Waals surface area contributed by atoms with E-state index < -0.39 is 5.76 Å². The molecule has 0 saturated heterocycles. The van der Waals surface area contributed by atoms with Crippen LogP contribution in [0, 0.1) is 5.41 Å². The van der Waals surface area contributed by atoms with E-state index in [0.29, 0.717) is 12.8 Å². The van der Waals surface area contributed by atoms with Crippen LogP contribution in [0.3, 0.4) is 0 Å². The fourth-order valence-electron chi connectivity index (χ4n) is 2.74. The first kappa shape index (κ1) is 9.56. The number of aliphatic hydroxyl groups excluding tert-OH is 2. The maximum absolute atomic E-state index is 11.4. The summed E-state index contributed by atoms with van der Waals surface area (Å²) in [6, 6.07) is 0. The lowest BCUT2D eigenvalue weighted by molar-refractivity contribution is -0.122. The Bertz CT molecular complexity index is 285. The van der Waals surface area contributed by atoms with Crippen molar-refractivity contribution in [3.63, 3.8) is 0 Å². The highest BCUT2D eigenvalue weighted by atomic mass is 16.3. The third kappa shape index (κ3) is 1.51. The maximum Gasteiger partial charge on any atom is 0.201 e. The van der Waals surface area contributed by atoms with E-state index in [1.54, 1.807) is 0 Å². The summed E-state index contributed by atoms with van der Waals surface area (Å²) in [7, 11) is 0. The van der Waals surface area contributed by atoms with Gasteiger partial charge in [-0.15, -0.1) is 0 Å². The second-order valence-corrected chi connectivity index (χ2v) is 4.63. The van der Waals surface area contributed by atoms with Crippen LogP contribution in [0.1, 0.15) is 44.9 Å². The van der Waals surface area contributed by atoms with Crippen molar-refractivity contribution in [2.24, 2.45) is 5.41 Å². The molecule has 1 fully saturated rings. The van der Waals surface area contributed by atoms with Gasteiger partial charge in [-0.2, -0.15) is 0 Å². The molecule has 0 radical (unpaired) electrons. The molecule has 0 atom stereocenters.